The Kier molecular flexibility index (Phi) is 6.21. The molecule has 1 atom stereocenters. The van der Waals surface area contributed by atoms with Crippen LogP contribution < -0.4 is 11.1 Å². The van der Waals surface area contributed by atoms with Crippen LogP contribution >= 0.6 is 11.8 Å². The van der Waals surface area contributed by atoms with Gasteiger partial charge in [0.2, 0.25) is 5.91 Å². The van der Waals surface area contributed by atoms with Crippen LogP contribution in [0.25, 0.3) is 0 Å². The Morgan fingerprint density at radius 1 is 1.44 bits per heavy atom. The van der Waals surface area contributed by atoms with Gasteiger partial charge in [-0.3, -0.25) is 4.79 Å². The summed E-state index contributed by atoms with van der Waals surface area (Å²) in [6, 6.07) is 0.386. The number of hydrogen-bond acceptors (Lipinski definition) is 3. The summed E-state index contributed by atoms with van der Waals surface area (Å²) in [5.41, 5.74) is 5.57. The molecule has 3 N–H and O–H groups in total. The molecule has 0 aromatic heterocycles. The normalized spacial score (nSPS) is 27.4. The molecule has 16 heavy (non-hydrogen) atoms. The first-order chi connectivity index (χ1) is 7.71. The number of thioether (sulfide) groups is 1. The predicted octanol–water partition coefficient (Wildman–Crippen LogP) is 1.76. The lowest BCUT2D eigenvalue weighted by Crippen LogP contribution is -2.43. The molecule has 0 aromatic carbocycles. The van der Waals surface area contributed by atoms with E-state index in [1.807, 2.05) is 18.7 Å². The molecule has 0 saturated heterocycles. The molecular weight excluding hydrogens is 220 g/mol. The van der Waals surface area contributed by atoms with Crippen LogP contribution in [0.3, 0.4) is 0 Å². The SMILES string of the molecule is CCC(CN)C(=O)NC1CCC(SC)CC1. The highest BCUT2D eigenvalue weighted by Crippen LogP contribution is 2.26. The molecule has 0 heterocycles. The van der Waals surface area contributed by atoms with E-state index in [2.05, 4.69) is 11.6 Å². The van der Waals surface area contributed by atoms with Crippen molar-refractivity contribution in [3.63, 3.8) is 0 Å². The van der Waals surface area contributed by atoms with Gasteiger partial charge in [-0.05, 0) is 38.4 Å². The largest absolute Gasteiger partial charge is 0.353 e. The van der Waals surface area contributed by atoms with Crippen LogP contribution in [0, 0.1) is 5.92 Å². The summed E-state index contributed by atoms with van der Waals surface area (Å²) in [5.74, 6) is 0.149. The molecule has 0 spiro atoms. The summed E-state index contributed by atoms with van der Waals surface area (Å²) in [4.78, 5) is 11.8. The van der Waals surface area contributed by atoms with Crippen LogP contribution in [-0.2, 0) is 4.79 Å². The van der Waals surface area contributed by atoms with Crippen molar-refractivity contribution < 1.29 is 4.79 Å². The van der Waals surface area contributed by atoms with Crippen molar-refractivity contribution in [2.24, 2.45) is 11.7 Å². The number of nitrogens with two attached hydrogens (primary N) is 1. The quantitative estimate of drug-likeness (QED) is 0.775. The molecule has 0 aromatic rings. The molecule has 4 heteroatoms. The number of rotatable bonds is 5. The second-order valence-corrected chi connectivity index (χ2v) is 5.70. The molecule has 0 aliphatic heterocycles. The van der Waals surface area contributed by atoms with E-state index in [1.54, 1.807) is 0 Å². The van der Waals surface area contributed by atoms with Crippen LogP contribution in [0.4, 0.5) is 0 Å². The van der Waals surface area contributed by atoms with Gasteiger partial charge in [0.15, 0.2) is 0 Å². The third kappa shape index (κ3) is 3.98. The lowest BCUT2D eigenvalue weighted by Gasteiger charge is -2.29. The first-order valence-electron chi connectivity index (χ1n) is 6.24. The lowest BCUT2D eigenvalue weighted by molar-refractivity contribution is -0.125. The molecule has 1 amide bonds. The first-order valence-corrected chi connectivity index (χ1v) is 7.53. The Morgan fingerprint density at radius 3 is 2.50 bits per heavy atom. The van der Waals surface area contributed by atoms with E-state index in [4.69, 9.17) is 5.73 Å². The summed E-state index contributed by atoms with van der Waals surface area (Å²) in [6.45, 7) is 2.48. The Hall–Kier alpha value is -0.220. The van der Waals surface area contributed by atoms with Crippen molar-refractivity contribution in [1.29, 1.82) is 0 Å². The zero-order chi connectivity index (χ0) is 12.0. The van der Waals surface area contributed by atoms with E-state index >= 15 is 0 Å². The Bertz CT molecular complexity index is 211. The van der Waals surface area contributed by atoms with E-state index in [1.165, 1.54) is 12.8 Å². The van der Waals surface area contributed by atoms with Gasteiger partial charge in [0.05, 0.1) is 0 Å². The maximum absolute atomic E-state index is 11.8. The first kappa shape index (κ1) is 13.8. The highest BCUT2D eigenvalue weighted by atomic mass is 32.2. The molecule has 1 rings (SSSR count). The van der Waals surface area contributed by atoms with Crippen LogP contribution in [0.15, 0.2) is 0 Å². The molecule has 1 fully saturated rings. The minimum atomic E-state index is -0.00160. The van der Waals surface area contributed by atoms with Crippen LogP contribution in [0.5, 0.6) is 0 Å². The highest BCUT2D eigenvalue weighted by molar-refractivity contribution is 7.99. The maximum Gasteiger partial charge on any atom is 0.224 e. The van der Waals surface area contributed by atoms with Gasteiger partial charge in [0.1, 0.15) is 0 Å². The molecule has 1 unspecified atom stereocenters. The summed E-state index contributed by atoms with van der Waals surface area (Å²) >= 11 is 1.95. The molecule has 0 bridgehead atoms. The predicted molar refractivity (Wildman–Crippen MR) is 70.5 cm³/mol. The van der Waals surface area contributed by atoms with E-state index in [-0.39, 0.29) is 11.8 Å². The molecule has 1 saturated carbocycles. The fourth-order valence-electron chi connectivity index (χ4n) is 2.22. The highest BCUT2D eigenvalue weighted by Gasteiger charge is 2.23. The zero-order valence-electron chi connectivity index (χ0n) is 10.4. The second kappa shape index (κ2) is 7.17. The number of amides is 1. The smallest absolute Gasteiger partial charge is 0.224 e. The minimum absolute atomic E-state index is 0.00160. The van der Waals surface area contributed by atoms with E-state index in [0.29, 0.717) is 12.6 Å². The summed E-state index contributed by atoms with van der Waals surface area (Å²) in [5, 5.41) is 3.93. The van der Waals surface area contributed by atoms with Gasteiger partial charge < -0.3 is 11.1 Å². The third-order valence-electron chi connectivity index (χ3n) is 3.50. The summed E-state index contributed by atoms with van der Waals surface area (Å²) in [7, 11) is 0. The molecule has 94 valence electrons. The fraction of sp³-hybridized carbons (Fsp3) is 0.917. The van der Waals surface area contributed by atoms with Gasteiger partial charge in [-0.25, -0.2) is 0 Å². The minimum Gasteiger partial charge on any atom is -0.353 e. The molecule has 1 aliphatic carbocycles. The Balaban J connectivity index is 2.30. The van der Waals surface area contributed by atoms with Crippen molar-refractivity contribution in [3.8, 4) is 0 Å². The topological polar surface area (TPSA) is 55.1 Å². The van der Waals surface area contributed by atoms with Crippen LogP contribution in [0.1, 0.15) is 39.0 Å². The summed E-state index contributed by atoms with van der Waals surface area (Å²) in [6.07, 6.45) is 7.71. The monoisotopic (exact) mass is 244 g/mol. The van der Waals surface area contributed by atoms with Gasteiger partial charge in [-0.15, -0.1) is 0 Å². The standard InChI is InChI=1S/C12H24N2OS/c1-3-9(8-13)12(15)14-10-4-6-11(16-2)7-5-10/h9-11H,3-8,13H2,1-2H3,(H,14,15). The number of hydrogen-bond donors (Lipinski definition) is 2. The third-order valence-corrected chi connectivity index (χ3v) is 4.64. The van der Waals surface area contributed by atoms with Crippen molar-refractivity contribution in [1.82, 2.24) is 5.32 Å². The Labute approximate surface area is 103 Å². The maximum atomic E-state index is 11.8. The van der Waals surface area contributed by atoms with E-state index in [0.717, 1.165) is 24.5 Å². The van der Waals surface area contributed by atoms with Gasteiger partial charge in [-0.2, -0.15) is 11.8 Å². The number of nitrogens with one attached hydrogen (secondary N) is 1. The zero-order valence-corrected chi connectivity index (χ0v) is 11.2. The summed E-state index contributed by atoms with van der Waals surface area (Å²) < 4.78 is 0. The van der Waals surface area contributed by atoms with Gasteiger partial charge >= 0.3 is 0 Å². The van der Waals surface area contributed by atoms with Crippen LogP contribution in [0.2, 0.25) is 0 Å². The molecule has 1 aliphatic rings. The lowest BCUT2D eigenvalue weighted by atomic mass is 9.94. The molecule has 0 radical (unpaired) electrons. The second-order valence-electron chi connectivity index (χ2n) is 4.56. The number of carbonyl (C=O) groups is 1. The van der Waals surface area contributed by atoms with Gasteiger partial charge in [0.25, 0.3) is 0 Å². The average molecular weight is 244 g/mol. The van der Waals surface area contributed by atoms with Crippen molar-refractivity contribution in [2.45, 2.75) is 50.3 Å². The molecular formula is C12H24N2OS. The number of carbonyl (C=O) groups excluding carboxylic acids is 1. The van der Waals surface area contributed by atoms with Crippen molar-refractivity contribution in [3.05, 3.63) is 0 Å². The van der Waals surface area contributed by atoms with E-state index < -0.39 is 0 Å². The average Bonchev–Trinajstić information content (AvgIpc) is 2.31. The van der Waals surface area contributed by atoms with Crippen LogP contribution in [-0.4, -0.2) is 30.0 Å². The fourth-order valence-corrected chi connectivity index (χ4v) is 2.96. The van der Waals surface area contributed by atoms with E-state index in [9.17, 15) is 4.79 Å². The van der Waals surface area contributed by atoms with Crippen molar-refractivity contribution >= 4 is 17.7 Å². The molecule has 3 nitrogen and oxygen atoms in total. The van der Waals surface area contributed by atoms with Gasteiger partial charge in [0, 0.05) is 23.8 Å². The van der Waals surface area contributed by atoms with Gasteiger partial charge in [-0.1, -0.05) is 6.92 Å². The Morgan fingerprint density at radius 2 is 2.06 bits per heavy atom. The van der Waals surface area contributed by atoms with Crippen molar-refractivity contribution in [2.75, 3.05) is 12.8 Å².